The number of nitrogens with one attached hydrogen (secondary N) is 1. The van der Waals surface area contributed by atoms with Crippen molar-refractivity contribution in [2.75, 3.05) is 25.5 Å². The third-order valence-corrected chi connectivity index (χ3v) is 4.55. The summed E-state index contributed by atoms with van der Waals surface area (Å²) in [7, 11) is 1.59. The minimum absolute atomic E-state index is 0.181. The van der Waals surface area contributed by atoms with Crippen molar-refractivity contribution >= 4 is 17.7 Å². The van der Waals surface area contributed by atoms with E-state index in [1.807, 2.05) is 0 Å². The number of carbonyl (C=O) groups is 2. The highest BCUT2D eigenvalue weighted by atomic mass is 16.5. The molecule has 0 saturated carbocycles. The Morgan fingerprint density at radius 2 is 1.89 bits per heavy atom. The van der Waals surface area contributed by atoms with Crippen molar-refractivity contribution in [3.63, 3.8) is 0 Å². The molecule has 2 aromatic rings. The molecule has 8 heteroatoms. The highest BCUT2D eigenvalue weighted by Crippen LogP contribution is 2.30. The van der Waals surface area contributed by atoms with Crippen LogP contribution in [-0.4, -0.2) is 47.2 Å². The number of anilines is 1. The van der Waals surface area contributed by atoms with E-state index >= 15 is 0 Å². The normalized spacial score (nSPS) is 18.8. The van der Waals surface area contributed by atoms with E-state index in [0.29, 0.717) is 30.3 Å². The molecule has 2 heterocycles. The molecule has 1 fully saturated rings. The van der Waals surface area contributed by atoms with Crippen LogP contribution < -0.4 is 14.8 Å². The fraction of sp³-hybridized carbons (Fsp3) is 0.316. The number of urea groups is 1. The van der Waals surface area contributed by atoms with Crippen molar-refractivity contribution < 1.29 is 24.2 Å². The zero-order chi connectivity index (χ0) is 19.4. The lowest BCUT2D eigenvalue weighted by Gasteiger charge is -2.20. The molecule has 1 aromatic heterocycles. The summed E-state index contributed by atoms with van der Waals surface area (Å²) in [6.45, 7) is 2.23. The fourth-order valence-electron chi connectivity index (χ4n) is 2.79. The van der Waals surface area contributed by atoms with Gasteiger partial charge in [-0.25, -0.2) is 9.78 Å². The molecule has 27 heavy (non-hydrogen) atoms. The molecule has 1 aliphatic rings. The number of amides is 2. The van der Waals surface area contributed by atoms with E-state index in [4.69, 9.17) is 9.47 Å². The lowest BCUT2D eigenvalue weighted by molar-refractivity contribution is -0.146. The molecule has 1 aromatic carbocycles. The van der Waals surface area contributed by atoms with Gasteiger partial charge >= 0.3 is 12.0 Å². The van der Waals surface area contributed by atoms with Crippen LogP contribution in [-0.2, 0) is 4.79 Å². The summed E-state index contributed by atoms with van der Waals surface area (Å²) in [5, 5.41) is 12.0. The van der Waals surface area contributed by atoms with Crippen LogP contribution in [0.3, 0.4) is 0 Å². The number of pyridine rings is 1. The Kier molecular flexibility index (Phi) is 5.16. The minimum Gasteiger partial charge on any atom is -0.497 e. The number of hydrogen-bond acceptors (Lipinski definition) is 5. The number of aliphatic carboxylic acids is 1. The van der Waals surface area contributed by atoms with E-state index < -0.39 is 11.4 Å². The van der Waals surface area contributed by atoms with Crippen LogP contribution in [0.25, 0.3) is 0 Å². The van der Waals surface area contributed by atoms with Crippen LogP contribution in [0.4, 0.5) is 10.5 Å². The van der Waals surface area contributed by atoms with Gasteiger partial charge in [-0.15, -0.1) is 0 Å². The predicted molar refractivity (Wildman–Crippen MR) is 98.3 cm³/mol. The molecule has 142 valence electrons. The van der Waals surface area contributed by atoms with Crippen LogP contribution in [0.15, 0.2) is 42.6 Å². The van der Waals surface area contributed by atoms with E-state index in [1.54, 1.807) is 50.4 Å². The zero-order valence-electron chi connectivity index (χ0n) is 15.1. The van der Waals surface area contributed by atoms with Crippen molar-refractivity contribution in [2.24, 2.45) is 5.41 Å². The Morgan fingerprint density at radius 1 is 1.19 bits per heavy atom. The SMILES string of the molecule is COc1ccc(Oc2ccc(NC(=O)N3CCC(C)(C(=O)O)C3)cn2)cc1. The Balaban J connectivity index is 1.57. The number of carboxylic acids is 1. The van der Waals surface area contributed by atoms with Crippen LogP contribution in [0.2, 0.25) is 0 Å². The summed E-state index contributed by atoms with van der Waals surface area (Å²) < 4.78 is 10.7. The van der Waals surface area contributed by atoms with Crippen molar-refractivity contribution in [3.05, 3.63) is 42.6 Å². The number of aromatic nitrogens is 1. The lowest BCUT2D eigenvalue weighted by atomic mass is 9.90. The molecular formula is C19H21N3O5. The van der Waals surface area contributed by atoms with Gasteiger partial charge in [0.2, 0.25) is 5.88 Å². The van der Waals surface area contributed by atoms with Gasteiger partial charge in [0.05, 0.1) is 24.4 Å². The maximum absolute atomic E-state index is 12.3. The predicted octanol–water partition coefficient (Wildman–Crippen LogP) is 3.21. The molecule has 0 radical (unpaired) electrons. The largest absolute Gasteiger partial charge is 0.497 e. The van der Waals surface area contributed by atoms with E-state index in [0.717, 1.165) is 5.75 Å². The Labute approximate surface area is 156 Å². The number of rotatable bonds is 5. The number of ether oxygens (including phenoxy) is 2. The van der Waals surface area contributed by atoms with Crippen molar-refractivity contribution in [1.29, 1.82) is 0 Å². The molecule has 1 atom stereocenters. The van der Waals surface area contributed by atoms with E-state index in [1.165, 1.54) is 11.1 Å². The van der Waals surface area contributed by atoms with Gasteiger partial charge in [-0.3, -0.25) is 4.79 Å². The highest BCUT2D eigenvalue weighted by molar-refractivity contribution is 5.90. The first-order valence-corrected chi connectivity index (χ1v) is 8.47. The first kappa shape index (κ1) is 18.5. The monoisotopic (exact) mass is 371 g/mol. The van der Waals surface area contributed by atoms with Gasteiger partial charge in [0, 0.05) is 19.2 Å². The molecule has 1 unspecified atom stereocenters. The molecule has 2 N–H and O–H groups in total. The van der Waals surface area contributed by atoms with Gasteiger partial charge in [-0.2, -0.15) is 0 Å². The second-order valence-electron chi connectivity index (χ2n) is 6.63. The molecule has 0 aliphatic carbocycles. The molecule has 3 rings (SSSR count). The maximum atomic E-state index is 12.3. The first-order valence-electron chi connectivity index (χ1n) is 8.47. The molecule has 1 saturated heterocycles. The second-order valence-corrected chi connectivity index (χ2v) is 6.63. The molecular weight excluding hydrogens is 350 g/mol. The van der Waals surface area contributed by atoms with Gasteiger partial charge in [0.25, 0.3) is 0 Å². The number of hydrogen-bond donors (Lipinski definition) is 2. The fourth-order valence-corrected chi connectivity index (χ4v) is 2.79. The third kappa shape index (κ3) is 4.28. The minimum atomic E-state index is -0.897. The van der Waals surface area contributed by atoms with Crippen LogP contribution in [0.5, 0.6) is 17.4 Å². The summed E-state index contributed by atoms with van der Waals surface area (Å²) in [5.74, 6) is 0.844. The summed E-state index contributed by atoms with van der Waals surface area (Å²) in [6, 6.07) is 10.1. The van der Waals surface area contributed by atoms with Crippen molar-refractivity contribution in [1.82, 2.24) is 9.88 Å². The summed E-state index contributed by atoms with van der Waals surface area (Å²) in [5.41, 5.74) is -0.392. The average Bonchev–Trinajstić information content (AvgIpc) is 3.08. The Bertz CT molecular complexity index is 822. The Morgan fingerprint density at radius 3 is 2.44 bits per heavy atom. The quantitative estimate of drug-likeness (QED) is 0.837. The second kappa shape index (κ2) is 7.53. The number of carboxylic acid groups (broad SMARTS) is 1. The smallest absolute Gasteiger partial charge is 0.321 e. The van der Waals surface area contributed by atoms with E-state index in [-0.39, 0.29) is 12.6 Å². The van der Waals surface area contributed by atoms with Crippen LogP contribution in [0.1, 0.15) is 13.3 Å². The summed E-state index contributed by atoms with van der Waals surface area (Å²) >= 11 is 0. The lowest BCUT2D eigenvalue weighted by Crippen LogP contribution is -2.37. The molecule has 8 nitrogen and oxygen atoms in total. The maximum Gasteiger partial charge on any atom is 0.321 e. The number of methoxy groups -OCH3 is 1. The van der Waals surface area contributed by atoms with Crippen LogP contribution in [0, 0.1) is 5.41 Å². The average molecular weight is 371 g/mol. The van der Waals surface area contributed by atoms with Crippen LogP contribution >= 0.6 is 0 Å². The number of carbonyl (C=O) groups excluding carboxylic acids is 1. The zero-order valence-corrected chi connectivity index (χ0v) is 15.1. The van der Waals surface area contributed by atoms with Gasteiger partial charge in [0.1, 0.15) is 11.5 Å². The van der Waals surface area contributed by atoms with Gasteiger partial charge in [-0.1, -0.05) is 0 Å². The van der Waals surface area contributed by atoms with Gasteiger partial charge in [-0.05, 0) is 43.7 Å². The van der Waals surface area contributed by atoms with Gasteiger partial charge in [0.15, 0.2) is 0 Å². The number of benzene rings is 1. The molecule has 0 spiro atoms. The topological polar surface area (TPSA) is 101 Å². The molecule has 1 aliphatic heterocycles. The van der Waals surface area contributed by atoms with Crippen molar-refractivity contribution in [3.8, 4) is 17.4 Å². The number of likely N-dealkylation sites (tertiary alicyclic amines) is 1. The summed E-state index contributed by atoms with van der Waals surface area (Å²) in [4.78, 5) is 29.3. The van der Waals surface area contributed by atoms with E-state index in [2.05, 4.69) is 10.3 Å². The highest BCUT2D eigenvalue weighted by Gasteiger charge is 2.42. The number of nitrogens with zero attached hydrogens (tertiary/aromatic N) is 2. The third-order valence-electron chi connectivity index (χ3n) is 4.55. The summed E-state index contributed by atoms with van der Waals surface area (Å²) in [6.07, 6.45) is 1.92. The molecule has 2 amide bonds. The van der Waals surface area contributed by atoms with Gasteiger partial charge < -0.3 is 24.8 Å². The first-order chi connectivity index (χ1) is 12.9. The molecule has 0 bridgehead atoms. The Hall–Kier alpha value is -3.29. The van der Waals surface area contributed by atoms with E-state index in [9.17, 15) is 14.7 Å². The standard InChI is InChI=1S/C19H21N3O5/c1-19(17(23)24)9-10-22(12-19)18(25)21-13-3-8-16(20-11-13)27-15-6-4-14(26-2)5-7-15/h3-8,11H,9-10,12H2,1-2H3,(H,21,25)(H,23,24). The van der Waals surface area contributed by atoms with Crippen molar-refractivity contribution in [2.45, 2.75) is 13.3 Å².